The molecule has 0 atom stereocenters. The molecule has 0 aliphatic rings. The second kappa shape index (κ2) is 7.65. The number of amides is 1. The van der Waals surface area contributed by atoms with E-state index in [1.54, 1.807) is 17.5 Å². The van der Waals surface area contributed by atoms with Gasteiger partial charge in [-0.05, 0) is 30.7 Å². The zero-order chi connectivity index (χ0) is 14.2. The number of hydrogen-bond donors (Lipinski definition) is 2. The fourth-order valence-corrected chi connectivity index (χ4v) is 2.39. The molecular formula is C15H19N3OS. The number of carbonyl (C=O) groups excluding carboxylic acids is 1. The van der Waals surface area contributed by atoms with Gasteiger partial charge >= 0.3 is 0 Å². The third-order valence-corrected chi connectivity index (χ3v) is 3.67. The molecule has 2 rings (SSSR count). The minimum absolute atomic E-state index is 0.0383. The van der Waals surface area contributed by atoms with E-state index in [-0.39, 0.29) is 5.91 Å². The second-order valence-corrected chi connectivity index (χ2v) is 5.41. The van der Waals surface area contributed by atoms with Crippen molar-refractivity contribution in [3.05, 3.63) is 46.4 Å². The van der Waals surface area contributed by atoms with Crippen LogP contribution in [0.4, 0.5) is 5.69 Å². The molecule has 0 aliphatic carbocycles. The van der Waals surface area contributed by atoms with Crippen LogP contribution in [0.25, 0.3) is 0 Å². The minimum atomic E-state index is -0.0383. The molecule has 0 fully saturated rings. The van der Waals surface area contributed by atoms with Crippen LogP contribution in [0.3, 0.4) is 0 Å². The van der Waals surface area contributed by atoms with E-state index < -0.39 is 0 Å². The van der Waals surface area contributed by atoms with Crippen LogP contribution in [-0.4, -0.2) is 24.0 Å². The molecule has 0 aliphatic heterocycles. The summed E-state index contributed by atoms with van der Waals surface area (Å²) in [6.45, 7) is 3.68. The summed E-state index contributed by atoms with van der Waals surface area (Å²) in [4.78, 5) is 16.1. The van der Waals surface area contributed by atoms with Gasteiger partial charge in [-0.1, -0.05) is 6.92 Å². The summed E-state index contributed by atoms with van der Waals surface area (Å²) in [6, 6.07) is 7.56. The molecule has 4 nitrogen and oxygen atoms in total. The lowest BCUT2D eigenvalue weighted by Crippen LogP contribution is -2.25. The number of aromatic nitrogens is 1. The van der Waals surface area contributed by atoms with Gasteiger partial charge in [-0.2, -0.15) is 0 Å². The number of benzene rings is 1. The number of hydrogen-bond acceptors (Lipinski definition) is 4. The predicted molar refractivity (Wildman–Crippen MR) is 83.4 cm³/mol. The van der Waals surface area contributed by atoms with Gasteiger partial charge in [0.2, 0.25) is 0 Å². The zero-order valence-corrected chi connectivity index (χ0v) is 12.4. The number of nitrogens with zero attached hydrogens (tertiary/aromatic N) is 1. The van der Waals surface area contributed by atoms with Gasteiger partial charge in [0.1, 0.15) is 0 Å². The van der Waals surface area contributed by atoms with Gasteiger partial charge in [0.25, 0.3) is 5.91 Å². The molecule has 2 aromatic rings. The molecule has 0 bridgehead atoms. The topological polar surface area (TPSA) is 54.0 Å². The largest absolute Gasteiger partial charge is 0.385 e. The molecule has 0 saturated heterocycles. The van der Waals surface area contributed by atoms with E-state index in [1.807, 2.05) is 29.6 Å². The highest BCUT2D eigenvalue weighted by Crippen LogP contribution is 2.09. The summed E-state index contributed by atoms with van der Waals surface area (Å²) < 4.78 is 0. The van der Waals surface area contributed by atoms with Gasteiger partial charge in [0, 0.05) is 42.3 Å². The molecule has 20 heavy (non-hydrogen) atoms. The van der Waals surface area contributed by atoms with Crippen LogP contribution in [0.2, 0.25) is 0 Å². The molecule has 1 heterocycles. The Morgan fingerprint density at radius 1 is 1.25 bits per heavy atom. The number of rotatable bonds is 7. The first-order chi connectivity index (χ1) is 9.79. The Kier molecular flexibility index (Phi) is 5.55. The molecule has 0 saturated carbocycles. The van der Waals surface area contributed by atoms with Crippen molar-refractivity contribution in [1.29, 1.82) is 0 Å². The first-order valence-corrected chi connectivity index (χ1v) is 7.68. The van der Waals surface area contributed by atoms with Crippen LogP contribution in [-0.2, 0) is 6.42 Å². The summed E-state index contributed by atoms with van der Waals surface area (Å²) >= 11 is 1.61. The Balaban J connectivity index is 1.79. The van der Waals surface area contributed by atoms with E-state index in [1.165, 1.54) is 0 Å². The van der Waals surface area contributed by atoms with Gasteiger partial charge in [-0.15, -0.1) is 11.3 Å². The molecule has 0 unspecified atom stereocenters. The molecule has 5 heteroatoms. The van der Waals surface area contributed by atoms with Gasteiger partial charge in [0.05, 0.1) is 5.01 Å². The number of nitrogens with one attached hydrogen (secondary N) is 2. The van der Waals surface area contributed by atoms with Crippen molar-refractivity contribution >= 4 is 22.9 Å². The summed E-state index contributed by atoms with van der Waals surface area (Å²) in [5.41, 5.74) is 1.73. The fourth-order valence-electron chi connectivity index (χ4n) is 1.77. The van der Waals surface area contributed by atoms with Gasteiger partial charge in [-0.25, -0.2) is 4.98 Å². The molecule has 0 spiro atoms. The van der Waals surface area contributed by atoms with Crippen molar-refractivity contribution in [3.8, 4) is 0 Å². The van der Waals surface area contributed by atoms with Crippen LogP contribution in [0.5, 0.6) is 0 Å². The molecule has 1 aromatic carbocycles. The Morgan fingerprint density at radius 2 is 2.05 bits per heavy atom. The van der Waals surface area contributed by atoms with Gasteiger partial charge in [0.15, 0.2) is 0 Å². The Hall–Kier alpha value is -1.88. The maximum Gasteiger partial charge on any atom is 0.251 e. The Bertz CT molecular complexity index is 523. The number of thiazole rings is 1. The van der Waals surface area contributed by atoms with Crippen LogP contribution in [0.15, 0.2) is 35.8 Å². The zero-order valence-electron chi connectivity index (χ0n) is 11.6. The van der Waals surface area contributed by atoms with Crippen molar-refractivity contribution in [1.82, 2.24) is 10.3 Å². The first-order valence-electron chi connectivity index (χ1n) is 6.80. The fraction of sp³-hybridized carbons (Fsp3) is 0.333. The maximum absolute atomic E-state index is 11.9. The van der Waals surface area contributed by atoms with Crippen molar-refractivity contribution in [2.75, 3.05) is 18.4 Å². The quantitative estimate of drug-likeness (QED) is 0.824. The normalized spacial score (nSPS) is 10.2. The van der Waals surface area contributed by atoms with Crippen LogP contribution >= 0.6 is 11.3 Å². The maximum atomic E-state index is 11.9. The standard InChI is InChI=1S/C15H19N3OS/c1-2-8-16-13-5-3-12(4-6-13)15(19)18-9-7-14-17-10-11-20-14/h3-6,10-11,16H,2,7-9H2,1H3,(H,18,19). The highest BCUT2D eigenvalue weighted by Gasteiger charge is 2.05. The van der Waals surface area contributed by atoms with E-state index in [0.29, 0.717) is 12.1 Å². The van der Waals surface area contributed by atoms with E-state index in [0.717, 1.165) is 30.1 Å². The lowest BCUT2D eigenvalue weighted by Gasteiger charge is -2.07. The van der Waals surface area contributed by atoms with Crippen LogP contribution in [0.1, 0.15) is 28.7 Å². The first kappa shape index (κ1) is 14.5. The van der Waals surface area contributed by atoms with E-state index in [2.05, 4.69) is 22.5 Å². The number of anilines is 1. The van der Waals surface area contributed by atoms with Crippen molar-refractivity contribution in [2.24, 2.45) is 0 Å². The third kappa shape index (κ3) is 4.35. The average Bonchev–Trinajstić information content (AvgIpc) is 2.99. The highest BCUT2D eigenvalue weighted by atomic mass is 32.1. The van der Waals surface area contributed by atoms with Crippen molar-refractivity contribution < 1.29 is 4.79 Å². The predicted octanol–water partition coefficient (Wildman–Crippen LogP) is 2.94. The third-order valence-electron chi connectivity index (χ3n) is 2.83. The summed E-state index contributed by atoms with van der Waals surface area (Å²) in [5, 5.41) is 9.18. The summed E-state index contributed by atoms with van der Waals surface area (Å²) in [6.07, 6.45) is 3.64. The Labute approximate surface area is 123 Å². The monoisotopic (exact) mass is 289 g/mol. The van der Waals surface area contributed by atoms with E-state index in [9.17, 15) is 4.79 Å². The molecule has 106 valence electrons. The average molecular weight is 289 g/mol. The SMILES string of the molecule is CCCNc1ccc(C(=O)NCCc2nccs2)cc1. The van der Waals surface area contributed by atoms with Gasteiger partial charge < -0.3 is 10.6 Å². The van der Waals surface area contributed by atoms with E-state index >= 15 is 0 Å². The van der Waals surface area contributed by atoms with Crippen molar-refractivity contribution in [2.45, 2.75) is 19.8 Å². The molecule has 1 aromatic heterocycles. The molecule has 2 N–H and O–H groups in total. The van der Waals surface area contributed by atoms with Crippen molar-refractivity contribution in [3.63, 3.8) is 0 Å². The second-order valence-electron chi connectivity index (χ2n) is 4.44. The molecule has 0 radical (unpaired) electrons. The smallest absolute Gasteiger partial charge is 0.251 e. The minimum Gasteiger partial charge on any atom is -0.385 e. The summed E-state index contributed by atoms with van der Waals surface area (Å²) in [5.74, 6) is -0.0383. The summed E-state index contributed by atoms with van der Waals surface area (Å²) in [7, 11) is 0. The van der Waals surface area contributed by atoms with Crippen LogP contribution in [0, 0.1) is 0 Å². The molecular weight excluding hydrogens is 270 g/mol. The highest BCUT2D eigenvalue weighted by molar-refractivity contribution is 7.09. The Morgan fingerprint density at radius 3 is 2.70 bits per heavy atom. The lowest BCUT2D eigenvalue weighted by atomic mass is 10.2. The van der Waals surface area contributed by atoms with Gasteiger partial charge in [-0.3, -0.25) is 4.79 Å². The van der Waals surface area contributed by atoms with Crippen LogP contribution < -0.4 is 10.6 Å². The lowest BCUT2D eigenvalue weighted by molar-refractivity contribution is 0.0954. The molecule has 1 amide bonds. The van der Waals surface area contributed by atoms with E-state index in [4.69, 9.17) is 0 Å². The number of carbonyl (C=O) groups is 1.